The molecule has 0 atom stereocenters. The number of carbonyl (C=O) groups excluding carboxylic acids is 1. The summed E-state index contributed by atoms with van der Waals surface area (Å²) in [6.07, 6.45) is 0. The lowest BCUT2D eigenvalue weighted by molar-refractivity contribution is 0.0272. The minimum Gasteiger partial charge on any atom is -0.497 e. The fourth-order valence-electron chi connectivity index (χ4n) is 2.90. The number of amides is 1. The average molecular weight is 465 g/mol. The first-order chi connectivity index (χ1) is 15.0. The van der Waals surface area contributed by atoms with E-state index in [4.69, 9.17) is 14.0 Å². The third-order valence-corrected chi connectivity index (χ3v) is 7.47. The van der Waals surface area contributed by atoms with Crippen LogP contribution in [0.5, 0.6) is 5.75 Å². The van der Waals surface area contributed by atoms with Crippen molar-refractivity contribution < 1.29 is 27.2 Å². The third kappa shape index (κ3) is 4.93. The number of hydrogen-bond donors (Lipinski definition) is 1. The summed E-state index contributed by atoms with van der Waals surface area (Å²) in [6.45, 7) is 1.97. The number of aromatic nitrogens is 2. The van der Waals surface area contributed by atoms with Gasteiger partial charge in [0.05, 0.1) is 20.3 Å². The van der Waals surface area contributed by atoms with Crippen LogP contribution in [-0.4, -0.2) is 62.8 Å². The molecule has 1 amide bonds. The number of benzene rings is 1. The molecule has 4 rings (SSSR count). The van der Waals surface area contributed by atoms with E-state index in [0.29, 0.717) is 37.6 Å². The standard InChI is InChI=1S/C19H20N4O6S2/c1-27-15-4-2-13(3-5-15)11-20-31(25,26)16-10-14(12-30-16)17-21-18(29-22-17)19(24)23-6-8-28-9-7-23/h2-5,10,12,20H,6-9,11H2,1H3. The van der Waals surface area contributed by atoms with Crippen LogP contribution < -0.4 is 9.46 Å². The quantitative estimate of drug-likeness (QED) is 0.561. The first-order valence-corrected chi connectivity index (χ1v) is 11.7. The van der Waals surface area contributed by atoms with Crippen LogP contribution in [0.3, 0.4) is 0 Å². The Labute approximate surface area is 182 Å². The van der Waals surface area contributed by atoms with Crippen LogP contribution in [0, 0.1) is 0 Å². The molecule has 0 spiro atoms. The van der Waals surface area contributed by atoms with Gasteiger partial charge in [0.15, 0.2) is 0 Å². The highest BCUT2D eigenvalue weighted by Crippen LogP contribution is 2.27. The van der Waals surface area contributed by atoms with E-state index in [9.17, 15) is 13.2 Å². The van der Waals surface area contributed by atoms with Gasteiger partial charge < -0.3 is 18.9 Å². The maximum absolute atomic E-state index is 12.6. The molecule has 3 aromatic rings. The van der Waals surface area contributed by atoms with E-state index in [1.807, 2.05) is 0 Å². The zero-order valence-corrected chi connectivity index (χ0v) is 18.2. The van der Waals surface area contributed by atoms with Crippen molar-refractivity contribution in [3.8, 4) is 17.1 Å². The first-order valence-electron chi connectivity index (χ1n) is 9.38. The molecule has 0 bridgehead atoms. The topological polar surface area (TPSA) is 124 Å². The van der Waals surface area contributed by atoms with Gasteiger partial charge >= 0.3 is 11.8 Å². The number of morpholine rings is 1. The molecule has 0 saturated carbocycles. The van der Waals surface area contributed by atoms with Crippen LogP contribution in [-0.2, 0) is 21.3 Å². The van der Waals surface area contributed by atoms with E-state index in [1.165, 1.54) is 6.07 Å². The smallest absolute Gasteiger partial charge is 0.316 e. The summed E-state index contributed by atoms with van der Waals surface area (Å²) in [5.74, 6) is 0.349. The summed E-state index contributed by atoms with van der Waals surface area (Å²) in [4.78, 5) is 18.1. The summed E-state index contributed by atoms with van der Waals surface area (Å²) < 4.78 is 43.3. The van der Waals surface area contributed by atoms with Gasteiger partial charge in [0.1, 0.15) is 9.96 Å². The van der Waals surface area contributed by atoms with Gasteiger partial charge in [-0.05, 0) is 23.8 Å². The van der Waals surface area contributed by atoms with E-state index < -0.39 is 10.0 Å². The summed E-state index contributed by atoms with van der Waals surface area (Å²) in [7, 11) is -2.16. The Morgan fingerprint density at radius 2 is 2.00 bits per heavy atom. The van der Waals surface area contributed by atoms with Crippen molar-refractivity contribution in [2.45, 2.75) is 10.8 Å². The molecule has 3 heterocycles. The van der Waals surface area contributed by atoms with Crippen LogP contribution in [0.25, 0.3) is 11.4 Å². The molecule has 10 nitrogen and oxygen atoms in total. The van der Waals surface area contributed by atoms with E-state index in [2.05, 4.69) is 14.9 Å². The average Bonchev–Trinajstić information content (AvgIpc) is 3.48. The van der Waals surface area contributed by atoms with Gasteiger partial charge in [0.25, 0.3) is 0 Å². The molecule has 0 unspecified atom stereocenters. The fraction of sp³-hybridized carbons (Fsp3) is 0.316. The maximum Gasteiger partial charge on any atom is 0.316 e. The van der Waals surface area contributed by atoms with E-state index in [0.717, 1.165) is 16.9 Å². The number of methoxy groups -OCH3 is 1. The molecular formula is C19H20N4O6S2. The first kappa shape index (κ1) is 21.4. The normalized spacial score (nSPS) is 14.5. The van der Waals surface area contributed by atoms with Gasteiger partial charge in [-0.1, -0.05) is 17.3 Å². The molecule has 12 heteroatoms. The molecule has 1 fully saturated rings. The molecule has 0 radical (unpaired) electrons. The molecule has 31 heavy (non-hydrogen) atoms. The summed E-state index contributed by atoms with van der Waals surface area (Å²) in [6, 6.07) is 8.55. The molecule has 1 aliphatic rings. The van der Waals surface area contributed by atoms with Gasteiger partial charge in [0.2, 0.25) is 15.8 Å². The van der Waals surface area contributed by atoms with Crippen molar-refractivity contribution in [3.05, 3.63) is 47.2 Å². The monoisotopic (exact) mass is 464 g/mol. The highest BCUT2D eigenvalue weighted by atomic mass is 32.2. The number of sulfonamides is 1. The van der Waals surface area contributed by atoms with Gasteiger partial charge in [-0.3, -0.25) is 4.79 Å². The Balaban J connectivity index is 1.43. The van der Waals surface area contributed by atoms with E-state index in [-0.39, 0.29) is 28.4 Å². The fourth-order valence-corrected chi connectivity index (χ4v) is 5.12. The Kier molecular flexibility index (Phi) is 6.32. The summed E-state index contributed by atoms with van der Waals surface area (Å²) >= 11 is 1.03. The SMILES string of the molecule is COc1ccc(CNS(=O)(=O)c2cc(-c3noc(C(=O)N4CCOCC4)n3)cs2)cc1. The van der Waals surface area contributed by atoms with Crippen LogP contribution in [0.15, 0.2) is 44.4 Å². The Hall–Kier alpha value is -2.80. The van der Waals surface area contributed by atoms with E-state index in [1.54, 1.807) is 41.7 Å². The van der Waals surface area contributed by atoms with Gasteiger partial charge in [-0.25, -0.2) is 13.1 Å². The van der Waals surface area contributed by atoms with E-state index >= 15 is 0 Å². The van der Waals surface area contributed by atoms with Crippen LogP contribution in [0.2, 0.25) is 0 Å². The number of hydrogen-bond acceptors (Lipinski definition) is 9. The lowest BCUT2D eigenvalue weighted by atomic mass is 10.2. The van der Waals surface area contributed by atoms with Crippen molar-refractivity contribution in [2.24, 2.45) is 0 Å². The molecule has 1 N–H and O–H groups in total. The van der Waals surface area contributed by atoms with Gasteiger partial charge in [0, 0.05) is 30.6 Å². The van der Waals surface area contributed by atoms with Gasteiger partial charge in [-0.2, -0.15) is 4.98 Å². The Bertz CT molecular complexity index is 1150. The minimum absolute atomic E-state index is 0.113. The highest BCUT2D eigenvalue weighted by molar-refractivity contribution is 7.91. The van der Waals surface area contributed by atoms with Crippen LogP contribution >= 0.6 is 11.3 Å². The molecule has 0 aliphatic carbocycles. The highest BCUT2D eigenvalue weighted by Gasteiger charge is 2.25. The van der Waals surface area contributed by atoms with Crippen molar-refractivity contribution in [1.29, 1.82) is 0 Å². The molecule has 1 aliphatic heterocycles. The van der Waals surface area contributed by atoms with Crippen molar-refractivity contribution in [1.82, 2.24) is 19.8 Å². The van der Waals surface area contributed by atoms with Gasteiger partial charge in [-0.15, -0.1) is 11.3 Å². The van der Waals surface area contributed by atoms with Crippen molar-refractivity contribution in [3.63, 3.8) is 0 Å². The third-order valence-electron chi connectivity index (χ3n) is 4.63. The maximum atomic E-state index is 12.6. The Morgan fingerprint density at radius 3 is 2.71 bits per heavy atom. The predicted molar refractivity (Wildman–Crippen MR) is 111 cm³/mol. The second-order valence-electron chi connectivity index (χ2n) is 6.65. The molecule has 2 aromatic heterocycles. The van der Waals surface area contributed by atoms with Crippen LogP contribution in [0.4, 0.5) is 0 Å². The number of thiophene rings is 1. The zero-order valence-electron chi connectivity index (χ0n) is 16.6. The molecule has 1 aromatic carbocycles. The molecule has 1 saturated heterocycles. The largest absolute Gasteiger partial charge is 0.497 e. The lowest BCUT2D eigenvalue weighted by Gasteiger charge is -2.25. The molecule has 164 valence electrons. The zero-order chi connectivity index (χ0) is 21.8. The summed E-state index contributed by atoms with van der Waals surface area (Å²) in [5.41, 5.74) is 1.25. The summed E-state index contributed by atoms with van der Waals surface area (Å²) in [5, 5.41) is 5.43. The number of carbonyl (C=O) groups is 1. The van der Waals surface area contributed by atoms with Crippen molar-refractivity contribution in [2.75, 3.05) is 33.4 Å². The minimum atomic E-state index is -3.73. The second-order valence-corrected chi connectivity index (χ2v) is 9.56. The number of nitrogens with one attached hydrogen (secondary N) is 1. The lowest BCUT2D eigenvalue weighted by Crippen LogP contribution is -2.40. The number of rotatable bonds is 7. The number of nitrogens with zero attached hydrogens (tertiary/aromatic N) is 3. The Morgan fingerprint density at radius 1 is 1.26 bits per heavy atom. The predicted octanol–water partition coefficient (Wildman–Crippen LogP) is 1.76. The molecular weight excluding hydrogens is 444 g/mol. The second kappa shape index (κ2) is 9.14. The van der Waals surface area contributed by atoms with Crippen LogP contribution in [0.1, 0.15) is 16.2 Å². The number of ether oxygens (including phenoxy) is 2. The van der Waals surface area contributed by atoms with Crippen molar-refractivity contribution >= 4 is 27.3 Å².